The third-order valence-electron chi connectivity index (χ3n) is 4.20. The van der Waals surface area contributed by atoms with E-state index in [0.717, 1.165) is 11.1 Å². The second-order valence-corrected chi connectivity index (χ2v) is 6.09. The van der Waals surface area contributed by atoms with E-state index in [1.54, 1.807) is 12.1 Å². The van der Waals surface area contributed by atoms with Crippen LogP contribution in [-0.2, 0) is 4.79 Å². The zero-order chi connectivity index (χ0) is 19.1. The van der Waals surface area contributed by atoms with Gasteiger partial charge in [-0.1, -0.05) is 66.7 Å². The highest BCUT2D eigenvalue weighted by molar-refractivity contribution is 5.91. The number of carbonyl (C=O) groups excluding carboxylic acids is 1. The fourth-order valence-corrected chi connectivity index (χ4v) is 2.92. The number of hydrogen-bond donors (Lipinski definition) is 2. The lowest BCUT2D eigenvalue weighted by molar-refractivity contribution is -0.676. The van der Waals surface area contributed by atoms with Gasteiger partial charge in [0.25, 0.3) is 11.6 Å². The summed E-state index contributed by atoms with van der Waals surface area (Å²) in [5, 5.41) is 15.5. The minimum atomic E-state index is -0.484. The summed E-state index contributed by atoms with van der Waals surface area (Å²) in [5.41, 5.74) is 2.57. The van der Waals surface area contributed by atoms with Gasteiger partial charge in [-0.15, -0.1) is 0 Å². The molecule has 0 saturated heterocycles. The summed E-state index contributed by atoms with van der Waals surface area (Å²) in [6.07, 6.45) is 0. The molecule has 1 amide bonds. The van der Waals surface area contributed by atoms with Crippen LogP contribution < -0.4 is 10.6 Å². The fourth-order valence-electron chi connectivity index (χ4n) is 2.92. The molecule has 0 saturated carbocycles. The molecule has 3 aromatic carbocycles. The molecule has 0 bridgehead atoms. The number of hydrogen-bond acceptors (Lipinski definition) is 3. The van der Waals surface area contributed by atoms with Gasteiger partial charge in [0, 0.05) is 28.9 Å². The van der Waals surface area contributed by atoms with Crippen LogP contribution in [0.15, 0.2) is 84.9 Å². The van der Waals surface area contributed by atoms with E-state index < -0.39 is 4.92 Å². The smallest absolute Gasteiger partial charge is 0.279 e. The number of quaternary nitrogens is 1. The Morgan fingerprint density at radius 2 is 1.52 bits per heavy atom. The summed E-state index contributed by atoms with van der Waals surface area (Å²) in [6, 6.07) is 25.9. The lowest BCUT2D eigenvalue weighted by atomic mass is 9.99. The van der Waals surface area contributed by atoms with Crippen molar-refractivity contribution in [2.24, 2.45) is 0 Å². The van der Waals surface area contributed by atoms with Gasteiger partial charge in [-0.3, -0.25) is 14.9 Å². The molecule has 6 heteroatoms. The molecule has 0 aliphatic rings. The maximum atomic E-state index is 12.3. The van der Waals surface area contributed by atoms with Gasteiger partial charge in [-0.05, 0) is 6.07 Å². The highest BCUT2D eigenvalue weighted by Gasteiger charge is 2.19. The predicted octanol–water partition coefficient (Wildman–Crippen LogP) is 2.89. The number of anilines is 1. The number of nitrogens with one attached hydrogen (secondary N) is 1. The van der Waals surface area contributed by atoms with Gasteiger partial charge in [-0.25, -0.2) is 0 Å². The standard InChI is InChI=1S/C21H19N3O3/c25-20(23-18-12-7-13-19(14-18)24(26)27)15-22-21(16-8-3-1-4-9-16)17-10-5-2-6-11-17/h1-14,21-22H,15H2,(H,23,25)/p+1. The molecule has 0 unspecified atom stereocenters. The lowest BCUT2D eigenvalue weighted by Gasteiger charge is -2.16. The molecule has 27 heavy (non-hydrogen) atoms. The van der Waals surface area contributed by atoms with E-state index in [4.69, 9.17) is 0 Å². The summed E-state index contributed by atoms with van der Waals surface area (Å²) in [4.78, 5) is 22.7. The number of nitrogens with zero attached hydrogens (tertiary/aromatic N) is 1. The fraction of sp³-hybridized carbons (Fsp3) is 0.0952. The number of carbonyl (C=O) groups is 1. The van der Waals surface area contributed by atoms with E-state index in [2.05, 4.69) is 5.32 Å². The van der Waals surface area contributed by atoms with Crippen LogP contribution in [-0.4, -0.2) is 17.4 Å². The highest BCUT2D eigenvalue weighted by atomic mass is 16.6. The number of nitro benzene ring substituents is 1. The van der Waals surface area contributed by atoms with E-state index >= 15 is 0 Å². The number of amides is 1. The van der Waals surface area contributed by atoms with Crippen LogP contribution in [0.4, 0.5) is 11.4 Å². The van der Waals surface area contributed by atoms with Crippen LogP contribution in [0.1, 0.15) is 17.2 Å². The summed E-state index contributed by atoms with van der Waals surface area (Å²) in [7, 11) is 0. The first-order valence-corrected chi connectivity index (χ1v) is 8.61. The van der Waals surface area contributed by atoms with Crippen LogP contribution in [0.3, 0.4) is 0 Å². The molecule has 0 atom stereocenters. The van der Waals surface area contributed by atoms with Gasteiger partial charge in [-0.2, -0.15) is 0 Å². The number of nitro groups is 1. The summed E-state index contributed by atoms with van der Waals surface area (Å²) < 4.78 is 0. The average Bonchev–Trinajstić information content (AvgIpc) is 2.70. The van der Waals surface area contributed by atoms with Crippen LogP contribution in [0, 0.1) is 10.1 Å². The third-order valence-corrected chi connectivity index (χ3v) is 4.20. The van der Waals surface area contributed by atoms with Crippen molar-refractivity contribution in [2.45, 2.75) is 6.04 Å². The summed E-state index contributed by atoms with van der Waals surface area (Å²) in [5.74, 6) is -0.215. The summed E-state index contributed by atoms with van der Waals surface area (Å²) in [6.45, 7) is 0.192. The topological polar surface area (TPSA) is 88.8 Å². The first-order chi connectivity index (χ1) is 13.1. The molecule has 3 N–H and O–H groups in total. The third kappa shape index (κ3) is 4.99. The normalized spacial score (nSPS) is 10.6. The van der Waals surface area contributed by atoms with Gasteiger partial charge in [0.15, 0.2) is 6.54 Å². The highest BCUT2D eigenvalue weighted by Crippen LogP contribution is 2.18. The van der Waals surface area contributed by atoms with E-state index in [0.29, 0.717) is 5.69 Å². The van der Waals surface area contributed by atoms with E-state index in [-0.39, 0.29) is 24.2 Å². The molecule has 0 heterocycles. The molecule has 0 fully saturated rings. The van der Waals surface area contributed by atoms with Crippen molar-refractivity contribution in [2.75, 3.05) is 11.9 Å². The molecule has 0 aliphatic carbocycles. The molecule has 3 aromatic rings. The Balaban J connectivity index is 1.69. The Morgan fingerprint density at radius 1 is 0.926 bits per heavy atom. The van der Waals surface area contributed by atoms with Crippen molar-refractivity contribution in [3.8, 4) is 0 Å². The van der Waals surface area contributed by atoms with Crippen molar-refractivity contribution < 1.29 is 15.0 Å². The number of nitrogens with two attached hydrogens (primary N) is 1. The first-order valence-electron chi connectivity index (χ1n) is 8.61. The molecule has 136 valence electrons. The van der Waals surface area contributed by atoms with Crippen molar-refractivity contribution in [1.29, 1.82) is 0 Å². The van der Waals surface area contributed by atoms with Crippen LogP contribution in [0.25, 0.3) is 0 Å². The van der Waals surface area contributed by atoms with E-state index in [1.807, 2.05) is 66.0 Å². The van der Waals surface area contributed by atoms with Gasteiger partial charge in [0.1, 0.15) is 6.04 Å². The molecule has 0 spiro atoms. The number of rotatable bonds is 7. The van der Waals surface area contributed by atoms with E-state index in [1.165, 1.54) is 12.1 Å². The van der Waals surface area contributed by atoms with Crippen molar-refractivity contribution in [3.05, 3.63) is 106 Å². The van der Waals surface area contributed by atoms with Crippen LogP contribution in [0.2, 0.25) is 0 Å². The minimum absolute atomic E-state index is 0.0109. The molecule has 0 aromatic heterocycles. The average molecular weight is 362 g/mol. The van der Waals surface area contributed by atoms with Gasteiger partial charge < -0.3 is 10.6 Å². The molecular weight excluding hydrogens is 342 g/mol. The van der Waals surface area contributed by atoms with Crippen LogP contribution >= 0.6 is 0 Å². The SMILES string of the molecule is O=C(C[NH2+]C(c1ccccc1)c1ccccc1)Nc1cccc([N+](=O)[O-])c1. The van der Waals surface area contributed by atoms with Crippen molar-refractivity contribution in [1.82, 2.24) is 0 Å². The zero-order valence-corrected chi connectivity index (χ0v) is 14.6. The summed E-state index contributed by atoms with van der Waals surface area (Å²) >= 11 is 0. The lowest BCUT2D eigenvalue weighted by Crippen LogP contribution is -2.87. The maximum Gasteiger partial charge on any atom is 0.279 e. The van der Waals surface area contributed by atoms with E-state index in [9.17, 15) is 14.9 Å². The van der Waals surface area contributed by atoms with Crippen molar-refractivity contribution >= 4 is 17.3 Å². The Hall–Kier alpha value is -3.51. The molecule has 3 rings (SSSR count). The number of non-ortho nitro benzene ring substituents is 1. The first kappa shape index (κ1) is 18.3. The molecule has 6 nitrogen and oxygen atoms in total. The van der Waals surface area contributed by atoms with Gasteiger partial charge >= 0.3 is 0 Å². The largest absolute Gasteiger partial charge is 0.328 e. The Bertz CT molecular complexity index is 875. The van der Waals surface area contributed by atoms with Gasteiger partial charge in [0.2, 0.25) is 0 Å². The molecule has 0 radical (unpaired) electrons. The second-order valence-electron chi connectivity index (χ2n) is 6.09. The van der Waals surface area contributed by atoms with Crippen LogP contribution in [0.5, 0.6) is 0 Å². The Labute approximate surface area is 157 Å². The molecule has 0 aliphatic heterocycles. The van der Waals surface area contributed by atoms with Gasteiger partial charge in [0.05, 0.1) is 4.92 Å². The monoisotopic (exact) mass is 362 g/mol. The maximum absolute atomic E-state index is 12.3. The Morgan fingerprint density at radius 3 is 2.07 bits per heavy atom. The predicted molar refractivity (Wildman–Crippen MR) is 103 cm³/mol. The number of benzene rings is 3. The molecular formula is C21H20N3O3+. The Kier molecular flexibility index (Phi) is 5.91. The van der Waals surface area contributed by atoms with Crippen molar-refractivity contribution in [3.63, 3.8) is 0 Å². The quantitative estimate of drug-likeness (QED) is 0.500. The minimum Gasteiger partial charge on any atom is -0.328 e. The zero-order valence-electron chi connectivity index (χ0n) is 14.6. The second kappa shape index (κ2) is 8.73.